The van der Waals surface area contributed by atoms with Gasteiger partial charge in [0.1, 0.15) is 17.3 Å². The molecule has 7 heteroatoms. The Bertz CT molecular complexity index is 931. The molecule has 0 spiro atoms. The second kappa shape index (κ2) is 6.08. The maximum absolute atomic E-state index is 12.9. The lowest BCUT2D eigenvalue weighted by Gasteiger charge is -2.08. The molecule has 0 atom stereocenters. The van der Waals surface area contributed by atoms with Crippen LogP contribution in [0, 0.1) is 12.7 Å². The molecular formula is C18H16FN5O. The minimum Gasteiger partial charge on any atom is -0.305 e. The van der Waals surface area contributed by atoms with E-state index in [4.69, 9.17) is 0 Å². The minimum absolute atomic E-state index is 0.254. The van der Waals surface area contributed by atoms with E-state index in [1.807, 2.05) is 25.3 Å². The van der Waals surface area contributed by atoms with Gasteiger partial charge in [0.05, 0.1) is 17.6 Å². The average molecular weight is 337 g/mol. The molecule has 4 rings (SSSR count). The Hall–Kier alpha value is -3.09. The van der Waals surface area contributed by atoms with Crippen LogP contribution in [-0.4, -0.2) is 25.7 Å². The van der Waals surface area contributed by atoms with E-state index in [1.165, 1.54) is 25.0 Å². The molecule has 1 aliphatic rings. The molecule has 1 N–H and O–H groups in total. The molecule has 1 saturated carbocycles. The van der Waals surface area contributed by atoms with Gasteiger partial charge in [-0.1, -0.05) is 0 Å². The molecule has 0 aliphatic heterocycles. The standard InChI is InChI=1S/C18H16FN5O/c1-11-8-14(24-7-6-15(23-24)12-2-3-12)9-16(21-11)18(25)22-17-5-4-13(19)10-20-17/h4-10,12H,2-3H2,1H3,(H,20,22,25). The van der Waals surface area contributed by atoms with Crippen molar-refractivity contribution >= 4 is 11.7 Å². The van der Waals surface area contributed by atoms with Crippen molar-refractivity contribution in [1.82, 2.24) is 19.7 Å². The number of pyridine rings is 2. The number of aromatic nitrogens is 4. The molecular weight excluding hydrogens is 321 g/mol. The topological polar surface area (TPSA) is 72.7 Å². The third-order valence-electron chi connectivity index (χ3n) is 4.01. The van der Waals surface area contributed by atoms with Crippen molar-refractivity contribution in [2.24, 2.45) is 0 Å². The summed E-state index contributed by atoms with van der Waals surface area (Å²) in [4.78, 5) is 20.5. The fourth-order valence-electron chi connectivity index (χ4n) is 2.61. The zero-order valence-corrected chi connectivity index (χ0v) is 13.6. The lowest BCUT2D eigenvalue weighted by Crippen LogP contribution is -2.16. The second-order valence-electron chi connectivity index (χ2n) is 6.13. The first-order valence-electron chi connectivity index (χ1n) is 8.06. The molecule has 126 valence electrons. The predicted molar refractivity (Wildman–Crippen MR) is 90.2 cm³/mol. The summed E-state index contributed by atoms with van der Waals surface area (Å²) in [5.41, 5.74) is 2.82. The Morgan fingerprint density at radius 2 is 2.12 bits per heavy atom. The van der Waals surface area contributed by atoms with Crippen LogP contribution in [0.5, 0.6) is 0 Å². The van der Waals surface area contributed by atoms with Crippen molar-refractivity contribution < 1.29 is 9.18 Å². The largest absolute Gasteiger partial charge is 0.305 e. The van der Waals surface area contributed by atoms with E-state index < -0.39 is 11.7 Å². The van der Waals surface area contributed by atoms with Gasteiger partial charge in [-0.2, -0.15) is 5.10 Å². The number of carbonyl (C=O) groups is 1. The number of carbonyl (C=O) groups excluding carboxylic acids is 1. The molecule has 1 amide bonds. The van der Waals surface area contributed by atoms with Crippen LogP contribution in [0.25, 0.3) is 5.69 Å². The molecule has 0 radical (unpaired) electrons. The van der Waals surface area contributed by atoms with E-state index in [0.29, 0.717) is 11.6 Å². The summed E-state index contributed by atoms with van der Waals surface area (Å²) in [5, 5.41) is 7.20. The molecule has 0 unspecified atom stereocenters. The highest BCUT2D eigenvalue weighted by Gasteiger charge is 2.26. The van der Waals surface area contributed by atoms with Crippen LogP contribution < -0.4 is 5.32 Å². The number of rotatable bonds is 4. The van der Waals surface area contributed by atoms with Crippen molar-refractivity contribution in [3.05, 3.63) is 65.6 Å². The summed E-state index contributed by atoms with van der Waals surface area (Å²) in [5.74, 6) is -0.0272. The smallest absolute Gasteiger partial charge is 0.275 e. The number of nitrogens with zero attached hydrogens (tertiary/aromatic N) is 4. The number of anilines is 1. The Morgan fingerprint density at radius 1 is 1.28 bits per heavy atom. The zero-order chi connectivity index (χ0) is 17.4. The van der Waals surface area contributed by atoms with Crippen LogP contribution in [0.4, 0.5) is 10.2 Å². The number of nitrogens with one attached hydrogen (secondary N) is 1. The molecule has 1 aliphatic carbocycles. The molecule has 3 heterocycles. The van der Waals surface area contributed by atoms with Gasteiger partial charge in [0.2, 0.25) is 0 Å². The van der Waals surface area contributed by atoms with Gasteiger partial charge in [-0.05, 0) is 50.1 Å². The van der Waals surface area contributed by atoms with Gasteiger partial charge < -0.3 is 5.32 Å². The van der Waals surface area contributed by atoms with Crippen LogP contribution >= 0.6 is 0 Å². The summed E-state index contributed by atoms with van der Waals surface area (Å²) >= 11 is 0. The van der Waals surface area contributed by atoms with Gasteiger partial charge in [0.25, 0.3) is 5.91 Å². The van der Waals surface area contributed by atoms with E-state index in [1.54, 1.807) is 10.7 Å². The Morgan fingerprint density at radius 3 is 2.84 bits per heavy atom. The highest BCUT2D eigenvalue weighted by molar-refractivity contribution is 6.02. The molecule has 1 fully saturated rings. The summed E-state index contributed by atoms with van der Waals surface area (Å²) in [6.45, 7) is 1.82. The molecule has 3 aromatic rings. The van der Waals surface area contributed by atoms with Crippen LogP contribution in [-0.2, 0) is 0 Å². The van der Waals surface area contributed by atoms with Crippen molar-refractivity contribution in [2.75, 3.05) is 5.32 Å². The Labute approximate surface area is 143 Å². The van der Waals surface area contributed by atoms with Gasteiger partial charge >= 0.3 is 0 Å². The number of hydrogen-bond donors (Lipinski definition) is 1. The van der Waals surface area contributed by atoms with Crippen LogP contribution in [0.1, 0.15) is 40.6 Å². The van der Waals surface area contributed by atoms with Crippen LogP contribution in [0.15, 0.2) is 42.7 Å². The Balaban J connectivity index is 1.59. The minimum atomic E-state index is -0.459. The van der Waals surface area contributed by atoms with Gasteiger partial charge in [0.15, 0.2) is 0 Å². The third-order valence-corrected chi connectivity index (χ3v) is 4.01. The molecule has 0 aromatic carbocycles. The third kappa shape index (κ3) is 3.40. The normalized spacial score (nSPS) is 13.7. The van der Waals surface area contributed by atoms with Gasteiger partial charge in [-0.15, -0.1) is 0 Å². The first-order chi connectivity index (χ1) is 12.1. The highest BCUT2D eigenvalue weighted by atomic mass is 19.1. The first kappa shape index (κ1) is 15.4. The summed E-state index contributed by atoms with van der Waals surface area (Å²) in [7, 11) is 0. The van der Waals surface area contributed by atoms with Crippen molar-refractivity contribution in [3.63, 3.8) is 0 Å². The zero-order valence-electron chi connectivity index (χ0n) is 13.6. The van der Waals surface area contributed by atoms with E-state index >= 15 is 0 Å². The fourth-order valence-corrected chi connectivity index (χ4v) is 2.61. The second-order valence-corrected chi connectivity index (χ2v) is 6.13. The number of hydrogen-bond acceptors (Lipinski definition) is 4. The van der Waals surface area contributed by atoms with Gasteiger partial charge in [0, 0.05) is 17.8 Å². The molecule has 25 heavy (non-hydrogen) atoms. The maximum atomic E-state index is 12.9. The lowest BCUT2D eigenvalue weighted by molar-refractivity contribution is 0.102. The fraction of sp³-hybridized carbons (Fsp3) is 0.222. The molecule has 6 nitrogen and oxygen atoms in total. The van der Waals surface area contributed by atoms with Crippen LogP contribution in [0.2, 0.25) is 0 Å². The summed E-state index contributed by atoms with van der Waals surface area (Å²) in [6.07, 6.45) is 5.31. The lowest BCUT2D eigenvalue weighted by atomic mass is 10.2. The van der Waals surface area contributed by atoms with E-state index in [2.05, 4.69) is 20.4 Å². The van der Waals surface area contributed by atoms with E-state index in [0.717, 1.165) is 17.6 Å². The monoisotopic (exact) mass is 337 g/mol. The Kier molecular flexibility index (Phi) is 3.76. The van der Waals surface area contributed by atoms with Gasteiger partial charge in [-0.25, -0.2) is 19.0 Å². The van der Waals surface area contributed by atoms with Crippen molar-refractivity contribution in [1.29, 1.82) is 0 Å². The number of amides is 1. The van der Waals surface area contributed by atoms with Crippen LogP contribution in [0.3, 0.4) is 0 Å². The maximum Gasteiger partial charge on any atom is 0.275 e. The van der Waals surface area contributed by atoms with Gasteiger partial charge in [-0.3, -0.25) is 4.79 Å². The molecule has 0 saturated heterocycles. The van der Waals surface area contributed by atoms with E-state index in [9.17, 15) is 9.18 Å². The SMILES string of the molecule is Cc1cc(-n2ccc(C3CC3)n2)cc(C(=O)Nc2ccc(F)cn2)n1. The van der Waals surface area contributed by atoms with E-state index in [-0.39, 0.29) is 11.5 Å². The number of aryl methyl sites for hydroxylation is 1. The predicted octanol–water partition coefficient (Wildman–Crippen LogP) is 3.24. The molecule has 0 bridgehead atoms. The summed E-state index contributed by atoms with van der Waals surface area (Å²) in [6, 6.07) is 8.20. The highest BCUT2D eigenvalue weighted by Crippen LogP contribution is 2.39. The van der Waals surface area contributed by atoms with Crippen molar-refractivity contribution in [2.45, 2.75) is 25.7 Å². The molecule has 3 aromatic heterocycles. The van der Waals surface area contributed by atoms with Crippen molar-refractivity contribution in [3.8, 4) is 5.69 Å². The average Bonchev–Trinajstić information content (AvgIpc) is 3.33. The number of halogens is 1. The first-order valence-corrected chi connectivity index (χ1v) is 8.06. The quantitative estimate of drug-likeness (QED) is 0.793. The summed E-state index contributed by atoms with van der Waals surface area (Å²) < 4.78 is 14.7.